The van der Waals surface area contributed by atoms with Gasteiger partial charge < -0.3 is 10.1 Å². The molecule has 1 aromatic rings. The van der Waals surface area contributed by atoms with Crippen molar-refractivity contribution in [3.05, 3.63) is 17.5 Å². The first-order valence-electron chi connectivity index (χ1n) is 6.15. The lowest BCUT2D eigenvalue weighted by atomic mass is 9.83. The van der Waals surface area contributed by atoms with Gasteiger partial charge in [-0.15, -0.1) is 0 Å². The van der Waals surface area contributed by atoms with E-state index in [0.717, 1.165) is 19.5 Å². The summed E-state index contributed by atoms with van der Waals surface area (Å²) in [5.74, 6) is 0. The summed E-state index contributed by atoms with van der Waals surface area (Å²) in [7, 11) is 3.78. The van der Waals surface area contributed by atoms with Crippen LogP contribution < -0.4 is 5.32 Å². The summed E-state index contributed by atoms with van der Waals surface area (Å²) in [6, 6.07) is 0. The van der Waals surface area contributed by atoms with Crippen LogP contribution in [-0.2, 0) is 23.6 Å². The Morgan fingerprint density at radius 2 is 2.12 bits per heavy atom. The molecule has 4 nitrogen and oxygen atoms in total. The number of ether oxygens (including phenoxy) is 1. The van der Waals surface area contributed by atoms with E-state index in [2.05, 4.69) is 37.4 Å². The fourth-order valence-corrected chi connectivity index (χ4v) is 2.39. The number of aromatic nitrogens is 2. The molecule has 1 N–H and O–H groups in total. The Kier molecular flexibility index (Phi) is 3.04. The molecule has 1 fully saturated rings. The summed E-state index contributed by atoms with van der Waals surface area (Å²) < 4.78 is 7.56. The van der Waals surface area contributed by atoms with E-state index < -0.39 is 0 Å². The fourth-order valence-electron chi connectivity index (χ4n) is 2.39. The van der Waals surface area contributed by atoms with E-state index in [-0.39, 0.29) is 11.0 Å². The van der Waals surface area contributed by atoms with E-state index in [1.54, 1.807) is 7.11 Å². The SMILES string of the molecule is COC1(Cc2cn(C)nc2C(C)(C)C)CNC1. The van der Waals surface area contributed by atoms with Crippen LogP contribution in [0, 0.1) is 0 Å². The van der Waals surface area contributed by atoms with Crippen molar-refractivity contribution >= 4 is 0 Å². The molecule has 96 valence electrons. The van der Waals surface area contributed by atoms with Crippen molar-refractivity contribution in [2.24, 2.45) is 7.05 Å². The number of aryl methyl sites for hydroxylation is 1. The van der Waals surface area contributed by atoms with Gasteiger partial charge in [-0.1, -0.05) is 20.8 Å². The maximum Gasteiger partial charge on any atom is 0.0967 e. The maximum atomic E-state index is 5.66. The number of nitrogens with one attached hydrogen (secondary N) is 1. The Hall–Kier alpha value is -0.870. The summed E-state index contributed by atoms with van der Waals surface area (Å²) in [6.45, 7) is 8.48. The minimum Gasteiger partial charge on any atom is -0.375 e. The second-order valence-electron chi connectivity index (χ2n) is 6.09. The van der Waals surface area contributed by atoms with Gasteiger partial charge >= 0.3 is 0 Å². The van der Waals surface area contributed by atoms with Crippen LogP contribution in [-0.4, -0.2) is 35.6 Å². The molecule has 1 saturated heterocycles. The normalized spacial score (nSPS) is 19.1. The second kappa shape index (κ2) is 4.10. The lowest BCUT2D eigenvalue weighted by Gasteiger charge is -2.41. The van der Waals surface area contributed by atoms with Crippen LogP contribution in [0.2, 0.25) is 0 Å². The first kappa shape index (κ1) is 12.6. The summed E-state index contributed by atoms with van der Waals surface area (Å²) in [5.41, 5.74) is 2.55. The zero-order valence-corrected chi connectivity index (χ0v) is 11.5. The Bertz CT molecular complexity index is 394. The van der Waals surface area contributed by atoms with Crippen LogP contribution in [0.4, 0.5) is 0 Å². The van der Waals surface area contributed by atoms with Crippen molar-refractivity contribution in [3.63, 3.8) is 0 Å². The van der Waals surface area contributed by atoms with E-state index in [1.807, 2.05) is 11.7 Å². The van der Waals surface area contributed by atoms with Crippen LogP contribution in [0.25, 0.3) is 0 Å². The van der Waals surface area contributed by atoms with Crippen molar-refractivity contribution in [3.8, 4) is 0 Å². The molecule has 17 heavy (non-hydrogen) atoms. The molecule has 0 radical (unpaired) electrons. The molecule has 0 spiro atoms. The predicted octanol–water partition coefficient (Wildman–Crippen LogP) is 1.25. The molecule has 1 aliphatic rings. The summed E-state index contributed by atoms with van der Waals surface area (Å²) in [6.07, 6.45) is 3.07. The zero-order valence-electron chi connectivity index (χ0n) is 11.5. The van der Waals surface area contributed by atoms with E-state index in [0.29, 0.717) is 0 Å². The van der Waals surface area contributed by atoms with Crippen LogP contribution in [0.5, 0.6) is 0 Å². The first-order chi connectivity index (χ1) is 7.86. The largest absolute Gasteiger partial charge is 0.375 e. The number of nitrogens with zero attached hydrogens (tertiary/aromatic N) is 2. The molecule has 0 amide bonds. The molecule has 0 saturated carbocycles. The predicted molar refractivity (Wildman–Crippen MR) is 68.2 cm³/mol. The third kappa shape index (κ3) is 2.38. The van der Waals surface area contributed by atoms with Crippen LogP contribution >= 0.6 is 0 Å². The van der Waals surface area contributed by atoms with Gasteiger partial charge in [0.1, 0.15) is 0 Å². The van der Waals surface area contributed by atoms with Crippen LogP contribution in [0.1, 0.15) is 32.0 Å². The standard InChI is InChI=1S/C13H23N3O/c1-12(2,3)11-10(7-16(4)15-11)6-13(17-5)8-14-9-13/h7,14H,6,8-9H2,1-5H3. The van der Waals surface area contributed by atoms with Gasteiger partial charge in [0.2, 0.25) is 0 Å². The minimum absolute atomic E-state index is 0.0248. The van der Waals surface area contributed by atoms with E-state index >= 15 is 0 Å². The minimum atomic E-state index is -0.0248. The summed E-state index contributed by atoms with van der Waals surface area (Å²) >= 11 is 0. The van der Waals surface area contributed by atoms with Crippen LogP contribution in [0.3, 0.4) is 0 Å². The fraction of sp³-hybridized carbons (Fsp3) is 0.769. The number of rotatable bonds is 3. The van der Waals surface area contributed by atoms with Gasteiger partial charge in [0.05, 0.1) is 11.3 Å². The zero-order chi connectivity index (χ0) is 12.7. The lowest BCUT2D eigenvalue weighted by molar-refractivity contribution is -0.0504. The molecule has 1 aliphatic heterocycles. The summed E-state index contributed by atoms with van der Waals surface area (Å²) in [5, 5.41) is 7.89. The lowest BCUT2D eigenvalue weighted by Crippen LogP contribution is -2.62. The molecular formula is C13H23N3O. The van der Waals surface area contributed by atoms with Gasteiger partial charge in [0.15, 0.2) is 0 Å². The first-order valence-corrected chi connectivity index (χ1v) is 6.15. The van der Waals surface area contributed by atoms with Gasteiger partial charge in [-0.2, -0.15) is 5.10 Å². The second-order valence-corrected chi connectivity index (χ2v) is 6.09. The number of hydrogen-bond acceptors (Lipinski definition) is 3. The van der Waals surface area contributed by atoms with Crippen molar-refractivity contribution in [1.29, 1.82) is 0 Å². The van der Waals surface area contributed by atoms with Crippen molar-refractivity contribution in [2.75, 3.05) is 20.2 Å². The number of methoxy groups -OCH3 is 1. The maximum absolute atomic E-state index is 5.66. The Morgan fingerprint density at radius 1 is 1.47 bits per heavy atom. The molecule has 0 unspecified atom stereocenters. The van der Waals surface area contributed by atoms with Crippen LogP contribution in [0.15, 0.2) is 6.20 Å². The average molecular weight is 237 g/mol. The third-order valence-electron chi connectivity index (χ3n) is 3.45. The molecule has 1 aromatic heterocycles. The van der Waals surface area contributed by atoms with Gasteiger partial charge in [0.25, 0.3) is 0 Å². The average Bonchev–Trinajstić information content (AvgIpc) is 2.52. The van der Waals surface area contributed by atoms with Gasteiger partial charge in [-0.25, -0.2) is 0 Å². The molecule has 2 heterocycles. The molecule has 2 rings (SSSR count). The Morgan fingerprint density at radius 3 is 2.53 bits per heavy atom. The molecular weight excluding hydrogens is 214 g/mol. The van der Waals surface area contributed by atoms with Gasteiger partial charge in [0, 0.05) is 45.3 Å². The summed E-state index contributed by atoms with van der Waals surface area (Å²) in [4.78, 5) is 0. The Balaban J connectivity index is 2.26. The smallest absolute Gasteiger partial charge is 0.0967 e. The highest BCUT2D eigenvalue weighted by Gasteiger charge is 2.39. The van der Waals surface area contributed by atoms with Gasteiger partial charge in [-0.3, -0.25) is 4.68 Å². The van der Waals surface area contributed by atoms with E-state index in [4.69, 9.17) is 4.74 Å². The third-order valence-corrected chi connectivity index (χ3v) is 3.45. The highest BCUT2D eigenvalue weighted by atomic mass is 16.5. The van der Waals surface area contributed by atoms with Gasteiger partial charge in [-0.05, 0) is 5.56 Å². The van der Waals surface area contributed by atoms with Crippen molar-refractivity contribution in [1.82, 2.24) is 15.1 Å². The molecule has 0 aromatic carbocycles. The topological polar surface area (TPSA) is 39.1 Å². The number of hydrogen-bond donors (Lipinski definition) is 1. The quantitative estimate of drug-likeness (QED) is 0.860. The monoisotopic (exact) mass is 237 g/mol. The Labute approximate surface area is 103 Å². The van der Waals surface area contributed by atoms with E-state index in [1.165, 1.54) is 11.3 Å². The molecule has 0 bridgehead atoms. The highest BCUT2D eigenvalue weighted by molar-refractivity contribution is 5.27. The highest BCUT2D eigenvalue weighted by Crippen LogP contribution is 2.29. The molecule has 0 aliphatic carbocycles. The van der Waals surface area contributed by atoms with Crippen molar-refractivity contribution < 1.29 is 4.74 Å². The van der Waals surface area contributed by atoms with E-state index in [9.17, 15) is 0 Å². The van der Waals surface area contributed by atoms with Crippen molar-refractivity contribution in [2.45, 2.75) is 38.2 Å². The molecule has 4 heteroatoms. The molecule has 0 atom stereocenters.